The maximum atomic E-state index is 13.8. The van der Waals surface area contributed by atoms with Gasteiger partial charge >= 0.3 is 0 Å². The highest BCUT2D eigenvalue weighted by Gasteiger charge is 2.38. The summed E-state index contributed by atoms with van der Waals surface area (Å²) < 4.78 is 46.0. The van der Waals surface area contributed by atoms with Crippen LogP contribution in [-0.2, 0) is 9.84 Å². The molecule has 0 aliphatic carbocycles. The van der Waals surface area contributed by atoms with Gasteiger partial charge in [0.15, 0.2) is 9.84 Å². The molecule has 0 saturated heterocycles. The molecule has 3 aromatic carbocycles. The molecular weight excluding hydrogens is 327 g/mol. The fourth-order valence-corrected chi connectivity index (χ4v) is 4.83. The number of hydrogen-bond donors (Lipinski definition) is 0. The van der Waals surface area contributed by atoms with Crippen molar-refractivity contribution < 1.29 is 17.5 Å². The average Bonchev–Trinajstić information content (AvgIpc) is 2.60. The summed E-state index contributed by atoms with van der Waals surface area (Å²) in [6, 6.07) is 19.1. The third-order valence-corrected chi connectivity index (χ3v) is 6.12. The van der Waals surface area contributed by atoms with Crippen LogP contribution in [0, 0.1) is 5.82 Å². The van der Waals surface area contributed by atoms with Crippen LogP contribution in [-0.4, -0.2) is 8.42 Å². The molecule has 0 bridgehead atoms. The molecular formula is C19H13FO3S. The van der Waals surface area contributed by atoms with E-state index >= 15 is 0 Å². The summed E-state index contributed by atoms with van der Waals surface area (Å²) in [5.74, 6) is 0.339. The first-order chi connectivity index (χ1) is 11.6. The molecule has 120 valence electrons. The van der Waals surface area contributed by atoms with Crippen molar-refractivity contribution in [2.24, 2.45) is 0 Å². The summed E-state index contributed by atoms with van der Waals surface area (Å²) in [5, 5.41) is -1.00. The third kappa shape index (κ3) is 2.29. The Balaban J connectivity index is 2.00. The average molecular weight is 340 g/mol. The van der Waals surface area contributed by atoms with E-state index in [1.807, 2.05) is 0 Å². The van der Waals surface area contributed by atoms with Gasteiger partial charge in [0.2, 0.25) is 0 Å². The van der Waals surface area contributed by atoms with Crippen LogP contribution in [0.2, 0.25) is 0 Å². The van der Waals surface area contributed by atoms with E-state index in [9.17, 15) is 12.8 Å². The fourth-order valence-electron chi connectivity index (χ4n) is 2.97. The number of fused-ring (bicyclic) bond motifs is 2. The van der Waals surface area contributed by atoms with Crippen LogP contribution in [0.15, 0.2) is 77.7 Å². The minimum absolute atomic E-state index is 0.196. The lowest BCUT2D eigenvalue weighted by Gasteiger charge is -2.28. The second-order valence-electron chi connectivity index (χ2n) is 5.56. The van der Waals surface area contributed by atoms with Gasteiger partial charge in [-0.15, -0.1) is 0 Å². The van der Waals surface area contributed by atoms with E-state index in [1.54, 1.807) is 54.6 Å². The van der Waals surface area contributed by atoms with Crippen molar-refractivity contribution in [1.29, 1.82) is 0 Å². The van der Waals surface area contributed by atoms with Crippen molar-refractivity contribution in [3.05, 3.63) is 89.7 Å². The van der Waals surface area contributed by atoms with Gasteiger partial charge in [-0.3, -0.25) is 0 Å². The van der Waals surface area contributed by atoms with E-state index in [-0.39, 0.29) is 4.90 Å². The van der Waals surface area contributed by atoms with E-state index in [0.717, 1.165) is 0 Å². The zero-order valence-corrected chi connectivity index (χ0v) is 13.3. The molecule has 5 heteroatoms. The summed E-state index contributed by atoms with van der Waals surface area (Å²) >= 11 is 0. The lowest BCUT2D eigenvalue weighted by atomic mass is 10.00. The van der Waals surface area contributed by atoms with Crippen LogP contribution >= 0.6 is 0 Å². The van der Waals surface area contributed by atoms with E-state index in [2.05, 4.69) is 0 Å². The van der Waals surface area contributed by atoms with Crippen molar-refractivity contribution >= 4 is 9.84 Å². The molecule has 0 unspecified atom stereocenters. The van der Waals surface area contributed by atoms with Crippen molar-refractivity contribution in [1.82, 2.24) is 0 Å². The maximum absolute atomic E-state index is 13.8. The van der Waals surface area contributed by atoms with Crippen molar-refractivity contribution in [3.8, 4) is 11.5 Å². The molecule has 3 aromatic rings. The number of ether oxygens (including phenoxy) is 1. The van der Waals surface area contributed by atoms with Crippen molar-refractivity contribution in [2.45, 2.75) is 10.1 Å². The Kier molecular flexibility index (Phi) is 3.39. The third-order valence-electron chi connectivity index (χ3n) is 4.06. The second-order valence-corrected chi connectivity index (χ2v) is 7.59. The molecule has 1 aliphatic rings. The second kappa shape index (κ2) is 5.46. The summed E-state index contributed by atoms with van der Waals surface area (Å²) in [6.45, 7) is 0. The largest absolute Gasteiger partial charge is 0.457 e. The Hall–Kier alpha value is -2.66. The van der Waals surface area contributed by atoms with E-state index in [1.165, 1.54) is 18.2 Å². The summed E-state index contributed by atoms with van der Waals surface area (Å²) in [7, 11) is -3.75. The van der Waals surface area contributed by atoms with Crippen LogP contribution in [0.25, 0.3) is 0 Å². The molecule has 0 aromatic heterocycles. The van der Waals surface area contributed by atoms with Gasteiger partial charge in [0, 0.05) is 11.1 Å². The summed E-state index contributed by atoms with van der Waals surface area (Å²) in [6.07, 6.45) is 0. The Labute approximate surface area is 139 Å². The van der Waals surface area contributed by atoms with Gasteiger partial charge in [-0.25, -0.2) is 12.8 Å². The first kappa shape index (κ1) is 14.9. The topological polar surface area (TPSA) is 43.4 Å². The molecule has 4 rings (SSSR count). The Bertz CT molecular complexity index is 1010. The molecule has 1 heterocycles. The highest BCUT2D eigenvalue weighted by molar-refractivity contribution is 7.92. The minimum atomic E-state index is -3.75. The minimum Gasteiger partial charge on any atom is -0.457 e. The van der Waals surface area contributed by atoms with Gasteiger partial charge in [-0.1, -0.05) is 36.4 Å². The molecule has 0 spiro atoms. The Morgan fingerprint density at radius 1 is 0.792 bits per heavy atom. The summed E-state index contributed by atoms with van der Waals surface area (Å²) in [4.78, 5) is 0.196. The first-order valence-corrected chi connectivity index (χ1v) is 8.97. The Morgan fingerprint density at radius 2 is 1.46 bits per heavy atom. The number of rotatable bonds is 2. The lowest BCUT2D eigenvalue weighted by molar-refractivity contribution is 0.452. The zero-order valence-electron chi connectivity index (χ0n) is 12.5. The monoisotopic (exact) mass is 340 g/mol. The highest BCUT2D eigenvalue weighted by Crippen LogP contribution is 2.48. The predicted octanol–water partition coefficient (Wildman–Crippen LogP) is 4.49. The van der Waals surface area contributed by atoms with Gasteiger partial charge in [-0.05, 0) is 36.4 Å². The summed E-state index contributed by atoms with van der Waals surface area (Å²) in [5.41, 5.74) is 0.831. The van der Waals surface area contributed by atoms with Crippen LogP contribution in [0.3, 0.4) is 0 Å². The van der Waals surface area contributed by atoms with Gasteiger partial charge in [-0.2, -0.15) is 0 Å². The number of halogens is 1. The highest BCUT2D eigenvalue weighted by atomic mass is 32.2. The molecule has 0 amide bonds. The number of hydrogen-bond acceptors (Lipinski definition) is 3. The van der Waals surface area contributed by atoms with Crippen molar-refractivity contribution in [2.75, 3.05) is 0 Å². The standard InChI is InChI=1S/C19H13FO3S/c20-13-10-11-18-16(12-13)19(15-8-4-5-9-17(15)23-18)24(21,22)14-6-2-1-3-7-14/h1-12,19H/t19-/m0/s1. The maximum Gasteiger partial charge on any atom is 0.189 e. The molecule has 0 fully saturated rings. The van der Waals surface area contributed by atoms with Gasteiger partial charge in [0.25, 0.3) is 0 Å². The molecule has 3 nitrogen and oxygen atoms in total. The van der Waals surface area contributed by atoms with E-state index in [4.69, 9.17) is 4.74 Å². The molecule has 1 atom stereocenters. The Morgan fingerprint density at radius 3 is 2.25 bits per heavy atom. The van der Waals surface area contributed by atoms with Gasteiger partial charge in [0.05, 0.1) is 4.90 Å². The molecule has 0 N–H and O–H groups in total. The molecule has 1 aliphatic heterocycles. The van der Waals surface area contributed by atoms with E-state index in [0.29, 0.717) is 22.6 Å². The van der Waals surface area contributed by atoms with Gasteiger partial charge in [0.1, 0.15) is 22.6 Å². The lowest BCUT2D eigenvalue weighted by Crippen LogP contribution is -2.19. The SMILES string of the molecule is O=S(=O)(c1ccccc1)[C@H]1c2ccccc2Oc2ccc(F)cc21. The fraction of sp³-hybridized carbons (Fsp3) is 0.0526. The number of sulfone groups is 1. The van der Waals surface area contributed by atoms with Crippen LogP contribution in [0.4, 0.5) is 4.39 Å². The van der Waals surface area contributed by atoms with Crippen LogP contribution in [0.5, 0.6) is 11.5 Å². The predicted molar refractivity (Wildman–Crippen MR) is 88.4 cm³/mol. The molecule has 0 radical (unpaired) electrons. The quantitative estimate of drug-likeness (QED) is 0.690. The van der Waals surface area contributed by atoms with Crippen LogP contribution in [0.1, 0.15) is 16.4 Å². The first-order valence-electron chi connectivity index (χ1n) is 7.42. The molecule has 0 saturated carbocycles. The van der Waals surface area contributed by atoms with Crippen LogP contribution < -0.4 is 4.74 Å². The number of benzene rings is 3. The van der Waals surface area contributed by atoms with E-state index < -0.39 is 20.9 Å². The smallest absolute Gasteiger partial charge is 0.189 e. The number of para-hydroxylation sites is 1. The normalized spacial score (nSPS) is 16.0. The molecule has 24 heavy (non-hydrogen) atoms. The van der Waals surface area contributed by atoms with Gasteiger partial charge < -0.3 is 4.74 Å². The van der Waals surface area contributed by atoms with Crippen molar-refractivity contribution in [3.63, 3.8) is 0 Å². The zero-order chi connectivity index (χ0) is 16.7.